The Bertz CT molecular complexity index is 339. The van der Waals surface area contributed by atoms with Gasteiger partial charge in [-0.15, -0.1) is 0 Å². The molecule has 1 aliphatic heterocycles. The SMILES string of the molecule is CCc1ccc(N2CCC(F)(F)CC2)nc1. The summed E-state index contributed by atoms with van der Waals surface area (Å²) in [6, 6.07) is 3.93. The van der Waals surface area contributed by atoms with Crippen LogP contribution in [0, 0.1) is 0 Å². The van der Waals surface area contributed by atoms with Gasteiger partial charge in [0, 0.05) is 32.1 Å². The third-order valence-corrected chi connectivity index (χ3v) is 3.04. The van der Waals surface area contributed by atoms with Crippen LogP contribution in [0.3, 0.4) is 0 Å². The summed E-state index contributed by atoms with van der Waals surface area (Å²) >= 11 is 0. The number of hydrogen-bond donors (Lipinski definition) is 0. The lowest BCUT2D eigenvalue weighted by atomic mass is 10.1. The van der Waals surface area contributed by atoms with Crippen molar-refractivity contribution in [3.63, 3.8) is 0 Å². The fourth-order valence-corrected chi connectivity index (χ4v) is 1.88. The van der Waals surface area contributed by atoms with Crippen LogP contribution in [0.25, 0.3) is 0 Å². The summed E-state index contributed by atoms with van der Waals surface area (Å²) in [6.45, 7) is 2.86. The Morgan fingerprint density at radius 3 is 2.50 bits per heavy atom. The van der Waals surface area contributed by atoms with E-state index in [0.29, 0.717) is 13.1 Å². The van der Waals surface area contributed by atoms with Crippen molar-refractivity contribution in [1.29, 1.82) is 0 Å². The zero-order valence-electron chi connectivity index (χ0n) is 9.42. The van der Waals surface area contributed by atoms with Crippen molar-refractivity contribution in [2.45, 2.75) is 32.1 Å². The van der Waals surface area contributed by atoms with Gasteiger partial charge in [-0.25, -0.2) is 13.8 Å². The van der Waals surface area contributed by atoms with Crippen molar-refractivity contribution in [3.05, 3.63) is 23.9 Å². The molecule has 1 aliphatic rings. The molecule has 4 heteroatoms. The molecular formula is C12H16F2N2. The van der Waals surface area contributed by atoms with Gasteiger partial charge in [-0.3, -0.25) is 0 Å². The van der Waals surface area contributed by atoms with E-state index in [-0.39, 0.29) is 12.8 Å². The second-order valence-corrected chi connectivity index (χ2v) is 4.22. The standard InChI is InChI=1S/C12H16F2N2/c1-2-10-3-4-11(15-9-10)16-7-5-12(13,14)6-8-16/h3-4,9H,2,5-8H2,1H3. The number of alkyl halides is 2. The second-order valence-electron chi connectivity index (χ2n) is 4.22. The lowest BCUT2D eigenvalue weighted by Gasteiger charge is -2.32. The molecule has 16 heavy (non-hydrogen) atoms. The minimum Gasteiger partial charge on any atom is -0.356 e. The molecule has 2 nitrogen and oxygen atoms in total. The fourth-order valence-electron chi connectivity index (χ4n) is 1.88. The zero-order valence-corrected chi connectivity index (χ0v) is 9.42. The molecule has 0 aromatic carbocycles. The first-order valence-electron chi connectivity index (χ1n) is 5.68. The normalized spacial score (nSPS) is 19.8. The Morgan fingerprint density at radius 2 is 2.00 bits per heavy atom. The van der Waals surface area contributed by atoms with Gasteiger partial charge in [-0.1, -0.05) is 13.0 Å². The first-order chi connectivity index (χ1) is 7.61. The minimum atomic E-state index is -2.49. The maximum Gasteiger partial charge on any atom is 0.251 e. The average Bonchev–Trinajstić information content (AvgIpc) is 2.29. The van der Waals surface area contributed by atoms with E-state index in [2.05, 4.69) is 11.9 Å². The van der Waals surface area contributed by atoms with Gasteiger partial charge in [0.25, 0.3) is 5.92 Å². The van der Waals surface area contributed by atoms with Gasteiger partial charge in [0.2, 0.25) is 0 Å². The summed E-state index contributed by atoms with van der Waals surface area (Å²) in [5, 5.41) is 0. The summed E-state index contributed by atoms with van der Waals surface area (Å²) < 4.78 is 25.9. The van der Waals surface area contributed by atoms with Gasteiger partial charge >= 0.3 is 0 Å². The molecule has 0 aliphatic carbocycles. The third kappa shape index (κ3) is 2.49. The topological polar surface area (TPSA) is 16.1 Å². The van der Waals surface area contributed by atoms with E-state index >= 15 is 0 Å². The molecule has 0 unspecified atom stereocenters. The maximum atomic E-state index is 13.0. The molecule has 1 aromatic heterocycles. The van der Waals surface area contributed by atoms with E-state index < -0.39 is 5.92 Å². The number of halogens is 2. The predicted octanol–water partition coefficient (Wildman–Crippen LogP) is 2.88. The number of aromatic nitrogens is 1. The summed E-state index contributed by atoms with van der Waals surface area (Å²) in [5.41, 5.74) is 1.17. The summed E-state index contributed by atoms with van der Waals surface area (Å²) in [4.78, 5) is 6.23. The lowest BCUT2D eigenvalue weighted by Crippen LogP contribution is -2.39. The van der Waals surface area contributed by atoms with Crippen LogP contribution in [-0.4, -0.2) is 24.0 Å². The van der Waals surface area contributed by atoms with Crippen LogP contribution in [0.2, 0.25) is 0 Å². The van der Waals surface area contributed by atoms with E-state index in [1.54, 1.807) is 0 Å². The monoisotopic (exact) mass is 226 g/mol. The Morgan fingerprint density at radius 1 is 1.31 bits per heavy atom. The van der Waals surface area contributed by atoms with Gasteiger partial charge < -0.3 is 4.90 Å². The highest BCUT2D eigenvalue weighted by Gasteiger charge is 2.34. The molecule has 0 bridgehead atoms. The fraction of sp³-hybridized carbons (Fsp3) is 0.583. The van der Waals surface area contributed by atoms with Crippen LogP contribution in [-0.2, 0) is 6.42 Å². The predicted molar refractivity (Wildman–Crippen MR) is 60.0 cm³/mol. The van der Waals surface area contributed by atoms with Gasteiger partial charge in [0.15, 0.2) is 0 Å². The molecule has 1 fully saturated rings. The number of nitrogens with zero attached hydrogens (tertiary/aromatic N) is 2. The van der Waals surface area contributed by atoms with Crippen LogP contribution in [0.5, 0.6) is 0 Å². The number of piperidine rings is 1. The van der Waals surface area contributed by atoms with Crippen molar-refractivity contribution in [2.24, 2.45) is 0 Å². The number of aryl methyl sites for hydroxylation is 1. The highest BCUT2D eigenvalue weighted by atomic mass is 19.3. The summed E-state index contributed by atoms with van der Waals surface area (Å²) in [7, 11) is 0. The van der Waals surface area contributed by atoms with Gasteiger partial charge in [-0.2, -0.15) is 0 Å². The Labute approximate surface area is 94.3 Å². The molecule has 1 aromatic rings. The highest BCUT2D eigenvalue weighted by Crippen LogP contribution is 2.29. The minimum absolute atomic E-state index is 0.0653. The summed E-state index contributed by atoms with van der Waals surface area (Å²) in [6.07, 6.45) is 2.64. The van der Waals surface area contributed by atoms with E-state index in [1.165, 1.54) is 5.56 Å². The van der Waals surface area contributed by atoms with Crippen LogP contribution in [0.1, 0.15) is 25.3 Å². The zero-order chi connectivity index (χ0) is 11.6. The van der Waals surface area contributed by atoms with Crippen LogP contribution in [0.15, 0.2) is 18.3 Å². The number of pyridine rings is 1. The summed E-state index contributed by atoms with van der Waals surface area (Å²) in [5.74, 6) is -1.67. The Balaban J connectivity index is 2.03. The van der Waals surface area contributed by atoms with Crippen molar-refractivity contribution < 1.29 is 8.78 Å². The molecule has 2 rings (SSSR count). The first-order valence-corrected chi connectivity index (χ1v) is 5.68. The Kier molecular flexibility index (Phi) is 3.08. The molecule has 0 saturated carbocycles. The number of anilines is 1. The molecule has 2 heterocycles. The van der Waals surface area contributed by atoms with Crippen molar-refractivity contribution in [2.75, 3.05) is 18.0 Å². The second kappa shape index (κ2) is 4.36. The molecule has 0 radical (unpaired) electrons. The van der Waals surface area contributed by atoms with E-state index in [9.17, 15) is 8.78 Å². The van der Waals surface area contributed by atoms with Crippen LogP contribution >= 0.6 is 0 Å². The lowest BCUT2D eigenvalue weighted by molar-refractivity contribution is -0.0221. The van der Waals surface area contributed by atoms with Crippen molar-refractivity contribution in [3.8, 4) is 0 Å². The number of rotatable bonds is 2. The smallest absolute Gasteiger partial charge is 0.251 e. The number of hydrogen-bond acceptors (Lipinski definition) is 2. The van der Waals surface area contributed by atoms with E-state index in [0.717, 1.165) is 12.2 Å². The van der Waals surface area contributed by atoms with Crippen LogP contribution < -0.4 is 4.90 Å². The maximum absolute atomic E-state index is 13.0. The Hall–Kier alpha value is -1.19. The van der Waals surface area contributed by atoms with Gasteiger partial charge in [0.05, 0.1) is 0 Å². The first kappa shape index (κ1) is 11.3. The van der Waals surface area contributed by atoms with Gasteiger partial charge in [0.1, 0.15) is 5.82 Å². The highest BCUT2D eigenvalue weighted by molar-refractivity contribution is 5.39. The van der Waals surface area contributed by atoms with Crippen molar-refractivity contribution in [1.82, 2.24) is 4.98 Å². The molecule has 0 N–H and O–H groups in total. The molecular weight excluding hydrogens is 210 g/mol. The van der Waals surface area contributed by atoms with Crippen LogP contribution in [0.4, 0.5) is 14.6 Å². The molecule has 0 atom stereocenters. The molecule has 0 amide bonds. The molecule has 88 valence electrons. The van der Waals surface area contributed by atoms with Gasteiger partial charge in [-0.05, 0) is 18.1 Å². The molecule has 0 spiro atoms. The third-order valence-electron chi connectivity index (χ3n) is 3.04. The van der Waals surface area contributed by atoms with Crippen molar-refractivity contribution >= 4 is 5.82 Å². The van der Waals surface area contributed by atoms with E-state index in [4.69, 9.17) is 0 Å². The van der Waals surface area contributed by atoms with E-state index in [1.807, 2.05) is 23.2 Å². The quantitative estimate of drug-likeness (QED) is 0.770. The largest absolute Gasteiger partial charge is 0.356 e. The molecule has 1 saturated heterocycles. The average molecular weight is 226 g/mol.